The molecule has 1 aromatic heterocycles. The lowest BCUT2D eigenvalue weighted by atomic mass is 9.67. The van der Waals surface area contributed by atoms with Gasteiger partial charge in [-0.25, -0.2) is 9.97 Å². The van der Waals surface area contributed by atoms with Crippen molar-refractivity contribution in [1.29, 1.82) is 0 Å². The molecule has 252 valence electrons. The molecular weight excluding hydrogens is 673 g/mol. The van der Waals surface area contributed by atoms with Gasteiger partial charge in [0, 0.05) is 26.5 Å². The van der Waals surface area contributed by atoms with Crippen LogP contribution in [0.15, 0.2) is 204 Å². The lowest BCUT2D eigenvalue weighted by Gasteiger charge is -2.40. The Morgan fingerprint density at radius 1 is 0.352 bits per heavy atom. The van der Waals surface area contributed by atoms with Gasteiger partial charge >= 0.3 is 0 Å². The molecule has 2 aliphatic rings. The fourth-order valence-electron chi connectivity index (χ4n) is 8.87. The van der Waals surface area contributed by atoms with E-state index in [1.807, 2.05) is 17.8 Å². The smallest absolute Gasteiger partial charge is 0.161 e. The van der Waals surface area contributed by atoms with E-state index in [9.17, 15) is 0 Å². The highest BCUT2D eigenvalue weighted by Crippen LogP contribution is 2.62. The quantitative estimate of drug-likeness (QED) is 0.182. The van der Waals surface area contributed by atoms with Gasteiger partial charge in [0.2, 0.25) is 0 Å². The molecule has 1 aliphatic carbocycles. The van der Waals surface area contributed by atoms with Gasteiger partial charge in [-0.1, -0.05) is 182 Å². The summed E-state index contributed by atoms with van der Waals surface area (Å²) in [5.74, 6) is 0.707. The highest BCUT2D eigenvalue weighted by Gasteiger charge is 2.50. The van der Waals surface area contributed by atoms with Crippen LogP contribution in [0.2, 0.25) is 0 Å². The summed E-state index contributed by atoms with van der Waals surface area (Å²) in [6.07, 6.45) is 0. The highest BCUT2D eigenvalue weighted by molar-refractivity contribution is 7.99. The van der Waals surface area contributed by atoms with Crippen molar-refractivity contribution in [3.63, 3.8) is 0 Å². The zero-order valence-electron chi connectivity index (χ0n) is 29.3. The summed E-state index contributed by atoms with van der Waals surface area (Å²) >= 11 is 1.87. The molecule has 0 bridgehead atoms. The van der Waals surface area contributed by atoms with Crippen molar-refractivity contribution >= 4 is 22.5 Å². The molecule has 2 heterocycles. The largest absolute Gasteiger partial charge is 0.228 e. The number of hydrogen-bond acceptors (Lipinski definition) is 3. The number of hydrogen-bond donors (Lipinski definition) is 0. The third kappa shape index (κ3) is 4.62. The fraction of sp³-hybridized carbons (Fsp3) is 0.0196. The standard InChI is InChI=1S/C51H32N2S/c1-2-16-34(17-3-1)46-32-47(40-24-14-18-33-15-4-5-19-36(33)40)53-50(52-46)41-23-7-6-20-37(41)35-29-30-49-45(31-35)51(44-27-12-13-28-48(44)54-49)42-25-10-8-21-38(42)39-22-9-11-26-43(39)51/h1-32H. The molecule has 0 fully saturated rings. The zero-order chi connectivity index (χ0) is 35.6. The number of rotatable bonds is 4. The van der Waals surface area contributed by atoms with Crippen molar-refractivity contribution in [2.75, 3.05) is 0 Å². The van der Waals surface area contributed by atoms with Crippen LogP contribution in [0.25, 0.3) is 66.9 Å². The van der Waals surface area contributed by atoms with Crippen molar-refractivity contribution < 1.29 is 0 Å². The molecule has 8 aromatic carbocycles. The minimum Gasteiger partial charge on any atom is -0.228 e. The van der Waals surface area contributed by atoms with Crippen LogP contribution >= 0.6 is 11.8 Å². The minimum absolute atomic E-state index is 0.444. The predicted octanol–water partition coefficient (Wildman–Crippen LogP) is 13.1. The van der Waals surface area contributed by atoms with Gasteiger partial charge < -0.3 is 0 Å². The number of aromatic nitrogens is 2. The van der Waals surface area contributed by atoms with E-state index in [1.54, 1.807) is 0 Å². The van der Waals surface area contributed by atoms with Crippen molar-refractivity contribution in [1.82, 2.24) is 9.97 Å². The van der Waals surface area contributed by atoms with Crippen molar-refractivity contribution in [2.24, 2.45) is 0 Å². The van der Waals surface area contributed by atoms with Crippen LogP contribution in [0.1, 0.15) is 22.3 Å². The molecule has 0 amide bonds. The van der Waals surface area contributed by atoms with Crippen LogP contribution in [0.3, 0.4) is 0 Å². The summed E-state index contributed by atoms with van der Waals surface area (Å²) in [6.45, 7) is 0. The average Bonchev–Trinajstić information content (AvgIpc) is 3.54. The van der Waals surface area contributed by atoms with E-state index in [1.165, 1.54) is 53.9 Å². The highest BCUT2D eigenvalue weighted by atomic mass is 32.2. The normalized spacial score (nSPS) is 13.3. The molecule has 1 spiro atoms. The van der Waals surface area contributed by atoms with Gasteiger partial charge in [0.1, 0.15) is 0 Å². The third-order valence-electron chi connectivity index (χ3n) is 11.2. The maximum atomic E-state index is 5.37. The molecule has 0 radical (unpaired) electrons. The Balaban J connectivity index is 1.15. The Morgan fingerprint density at radius 3 is 1.72 bits per heavy atom. The second-order valence-electron chi connectivity index (χ2n) is 14.1. The van der Waals surface area contributed by atoms with E-state index in [-0.39, 0.29) is 0 Å². The molecule has 9 aromatic rings. The van der Waals surface area contributed by atoms with E-state index in [0.29, 0.717) is 5.82 Å². The molecule has 1 aliphatic heterocycles. The predicted molar refractivity (Wildman–Crippen MR) is 223 cm³/mol. The second-order valence-corrected chi connectivity index (χ2v) is 15.1. The molecule has 3 heteroatoms. The molecule has 0 unspecified atom stereocenters. The third-order valence-corrected chi connectivity index (χ3v) is 12.3. The van der Waals surface area contributed by atoms with Gasteiger partial charge in [-0.15, -0.1) is 0 Å². The molecule has 0 atom stereocenters. The van der Waals surface area contributed by atoms with Crippen molar-refractivity contribution in [2.45, 2.75) is 15.2 Å². The monoisotopic (exact) mass is 704 g/mol. The number of benzene rings is 8. The van der Waals surface area contributed by atoms with Crippen molar-refractivity contribution in [3.8, 4) is 56.2 Å². The summed E-state index contributed by atoms with van der Waals surface area (Å²) in [5.41, 5.74) is 14.7. The average molecular weight is 705 g/mol. The van der Waals surface area contributed by atoms with Gasteiger partial charge in [-0.05, 0) is 79.5 Å². The summed E-state index contributed by atoms with van der Waals surface area (Å²) in [5, 5.41) is 2.36. The summed E-state index contributed by atoms with van der Waals surface area (Å²) in [7, 11) is 0. The Hall–Kier alpha value is -6.55. The molecular formula is C51H32N2S. The Bertz CT molecular complexity index is 2880. The summed E-state index contributed by atoms with van der Waals surface area (Å²) in [4.78, 5) is 13.2. The van der Waals surface area contributed by atoms with Gasteiger partial charge in [-0.2, -0.15) is 0 Å². The summed E-state index contributed by atoms with van der Waals surface area (Å²) < 4.78 is 0. The first-order valence-electron chi connectivity index (χ1n) is 18.4. The lowest BCUT2D eigenvalue weighted by Crippen LogP contribution is -2.32. The van der Waals surface area contributed by atoms with Crippen LogP contribution in [-0.4, -0.2) is 9.97 Å². The van der Waals surface area contributed by atoms with Crippen LogP contribution in [0.5, 0.6) is 0 Å². The second kappa shape index (κ2) is 12.3. The van der Waals surface area contributed by atoms with E-state index in [4.69, 9.17) is 9.97 Å². The Labute approximate surface area is 318 Å². The van der Waals surface area contributed by atoms with Crippen LogP contribution < -0.4 is 0 Å². The molecule has 11 rings (SSSR count). The van der Waals surface area contributed by atoms with Gasteiger partial charge in [-0.3, -0.25) is 0 Å². The van der Waals surface area contributed by atoms with Crippen LogP contribution in [0, 0.1) is 0 Å². The zero-order valence-corrected chi connectivity index (χ0v) is 30.1. The first-order valence-corrected chi connectivity index (χ1v) is 19.2. The van der Waals surface area contributed by atoms with Gasteiger partial charge in [0.25, 0.3) is 0 Å². The molecule has 54 heavy (non-hydrogen) atoms. The number of fused-ring (bicyclic) bond motifs is 10. The Morgan fingerprint density at radius 2 is 0.926 bits per heavy atom. The minimum atomic E-state index is -0.444. The maximum Gasteiger partial charge on any atom is 0.161 e. The topological polar surface area (TPSA) is 25.8 Å². The molecule has 0 saturated heterocycles. The van der Waals surface area contributed by atoms with Crippen LogP contribution in [0.4, 0.5) is 0 Å². The van der Waals surface area contributed by atoms with E-state index < -0.39 is 5.41 Å². The van der Waals surface area contributed by atoms with E-state index in [0.717, 1.165) is 39.2 Å². The first-order chi connectivity index (χ1) is 26.8. The lowest BCUT2D eigenvalue weighted by molar-refractivity contribution is 0.723. The first kappa shape index (κ1) is 31.0. The van der Waals surface area contributed by atoms with E-state index >= 15 is 0 Å². The maximum absolute atomic E-state index is 5.37. The fourth-order valence-corrected chi connectivity index (χ4v) is 10.0. The summed E-state index contributed by atoms with van der Waals surface area (Å²) in [6, 6.07) is 70.2. The van der Waals surface area contributed by atoms with Crippen LogP contribution in [-0.2, 0) is 5.41 Å². The van der Waals surface area contributed by atoms with Gasteiger partial charge in [0.15, 0.2) is 5.82 Å². The SMILES string of the molecule is c1ccc(-c2cc(-c3cccc4ccccc34)nc(-c3ccccc3-c3ccc4c(c3)C3(c5ccccc5S4)c4ccccc4-c4ccccc43)n2)cc1. The molecule has 2 nitrogen and oxygen atoms in total. The Kier molecular flexibility index (Phi) is 7.05. The number of nitrogens with zero attached hydrogens (tertiary/aromatic N) is 2. The van der Waals surface area contributed by atoms with Crippen molar-refractivity contribution in [3.05, 3.63) is 216 Å². The van der Waals surface area contributed by atoms with E-state index in [2.05, 4.69) is 188 Å². The molecule has 0 N–H and O–H groups in total. The van der Waals surface area contributed by atoms with Gasteiger partial charge in [0.05, 0.1) is 16.8 Å². The molecule has 0 saturated carbocycles.